The third kappa shape index (κ3) is 10.6. The number of nitrogens with zero attached hydrogens (tertiary/aromatic N) is 6. The molecule has 0 unspecified atom stereocenters. The van der Waals surface area contributed by atoms with Crippen molar-refractivity contribution in [3.63, 3.8) is 0 Å². The summed E-state index contributed by atoms with van der Waals surface area (Å²) < 4.78 is 0. The third-order valence-electron chi connectivity index (χ3n) is 12.5. The highest BCUT2D eigenvalue weighted by atomic mass is 32.2. The van der Waals surface area contributed by atoms with E-state index in [4.69, 9.17) is 0 Å². The van der Waals surface area contributed by atoms with Crippen molar-refractivity contribution in [2.24, 2.45) is 5.92 Å². The molecule has 4 heterocycles. The number of rotatable bonds is 12. The number of hydrogen-bond donors (Lipinski definition) is 2. The zero-order valence-corrected chi connectivity index (χ0v) is 37.3. The SMILES string of the molecule is C=CCN1C[C@H](C(=O)N(CCCN(C)C)C(=O)NCC)C[C@@H]2c3cccc4[nH]cc(c34)C[C@H]21.CN1CCN(c2ccccc2/C=C2/SCCN(Cc3ccccc3)C2=O)CC1. The predicted octanol–water partition coefficient (Wildman–Crippen LogP) is 6.75. The molecule has 12 heteroatoms. The van der Waals surface area contributed by atoms with E-state index in [1.807, 2.05) is 50.2 Å². The fraction of sp³-hybridized carbons (Fsp3) is 0.449. The number of piperidine rings is 1. The lowest BCUT2D eigenvalue weighted by Crippen LogP contribution is -2.55. The number of urea groups is 1. The van der Waals surface area contributed by atoms with Crippen molar-refractivity contribution in [2.45, 2.75) is 44.7 Å². The number of carbonyl (C=O) groups is 3. The Morgan fingerprint density at radius 3 is 2.49 bits per heavy atom. The molecule has 0 bridgehead atoms. The summed E-state index contributed by atoms with van der Waals surface area (Å²) in [6.07, 6.45) is 8.66. The number of thioether (sulfide) groups is 1. The van der Waals surface area contributed by atoms with E-state index in [-0.39, 0.29) is 29.7 Å². The molecule has 3 fully saturated rings. The Labute approximate surface area is 366 Å². The van der Waals surface area contributed by atoms with Crippen molar-refractivity contribution >= 4 is 52.3 Å². The van der Waals surface area contributed by atoms with Gasteiger partial charge in [0.25, 0.3) is 5.91 Å². The highest BCUT2D eigenvalue weighted by molar-refractivity contribution is 8.04. The van der Waals surface area contributed by atoms with Crippen LogP contribution in [0.25, 0.3) is 17.0 Å². The van der Waals surface area contributed by atoms with Gasteiger partial charge in [0, 0.05) is 106 Å². The van der Waals surface area contributed by atoms with Crippen molar-refractivity contribution in [2.75, 3.05) is 97.2 Å². The van der Waals surface area contributed by atoms with Crippen molar-refractivity contribution in [1.82, 2.24) is 34.8 Å². The van der Waals surface area contributed by atoms with E-state index in [1.54, 1.807) is 11.8 Å². The Balaban J connectivity index is 0.000000186. The number of benzene rings is 3. The van der Waals surface area contributed by atoms with Crippen LogP contribution in [0.3, 0.4) is 0 Å². The number of hydrogen-bond acceptors (Lipinski definition) is 8. The van der Waals surface area contributed by atoms with Crippen LogP contribution >= 0.6 is 11.8 Å². The number of piperazine rings is 1. The smallest absolute Gasteiger partial charge is 0.324 e. The summed E-state index contributed by atoms with van der Waals surface area (Å²) in [5.41, 5.74) is 7.40. The minimum atomic E-state index is -0.280. The molecular weight excluding hydrogens is 781 g/mol. The monoisotopic (exact) mass is 844 g/mol. The normalized spacial score (nSPS) is 21.2. The van der Waals surface area contributed by atoms with Crippen molar-refractivity contribution in [1.29, 1.82) is 0 Å². The van der Waals surface area contributed by atoms with Crippen molar-refractivity contribution < 1.29 is 14.4 Å². The number of H-pyrrole nitrogens is 1. The van der Waals surface area contributed by atoms with Crippen LogP contribution in [0.2, 0.25) is 0 Å². The van der Waals surface area contributed by atoms with Gasteiger partial charge in [0.05, 0.1) is 10.8 Å². The summed E-state index contributed by atoms with van der Waals surface area (Å²) in [6, 6.07) is 25.2. The zero-order valence-electron chi connectivity index (χ0n) is 36.5. The lowest BCUT2D eigenvalue weighted by molar-refractivity contribution is -0.135. The minimum absolute atomic E-state index is 0.0562. The number of likely N-dealkylation sites (N-methyl/N-ethyl adjacent to an activating group) is 1. The molecule has 1 aromatic heterocycles. The first-order valence-electron chi connectivity index (χ1n) is 22.0. The first-order chi connectivity index (χ1) is 29.6. The summed E-state index contributed by atoms with van der Waals surface area (Å²) in [4.78, 5) is 56.6. The van der Waals surface area contributed by atoms with Crippen LogP contribution in [0.4, 0.5) is 10.5 Å². The number of para-hydroxylation sites is 1. The topological polar surface area (TPSA) is 98.5 Å². The van der Waals surface area contributed by atoms with E-state index in [1.165, 1.54) is 32.7 Å². The number of aromatic amines is 1. The van der Waals surface area contributed by atoms with Gasteiger partial charge in [-0.3, -0.25) is 19.4 Å². The molecule has 2 N–H and O–H groups in total. The van der Waals surface area contributed by atoms with Gasteiger partial charge in [-0.15, -0.1) is 18.3 Å². The zero-order chi connectivity index (χ0) is 42.9. The van der Waals surface area contributed by atoms with Gasteiger partial charge in [0.1, 0.15) is 0 Å². The predicted molar refractivity (Wildman–Crippen MR) is 251 cm³/mol. The molecule has 3 aliphatic heterocycles. The largest absolute Gasteiger partial charge is 0.368 e. The minimum Gasteiger partial charge on any atom is -0.368 e. The Morgan fingerprint density at radius 2 is 1.74 bits per heavy atom. The summed E-state index contributed by atoms with van der Waals surface area (Å²) in [7, 11) is 6.18. The fourth-order valence-corrected chi connectivity index (χ4v) is 10.4. The molecular formula is C49H64N8O3S. The molecule has 11 nitrogen and oxygen atoms in total. The summed E-state index contributed by atoms with van der Waals surface area (Å²) >= 11 is 1.68. The highest BCUT2D eigenvalue weighted by Crippen LogP contribution is 2.45. The molecule has 8 rings (SSSR count). The molecule has 3 aromatic carbocycles. The van der Waals surface area contributed by atoms with Crippen LogP contribution in [-0.2, 0) is 22.6 Å². The molecule has 3 atom stereocenters. The van der Waals surface area contributed by atoms with Gasteiger partial charge in [0.2, 0.25) is 5.91 Å². The van der Waals surface area contributed by atoms with Crippen LogP contribution in [-0.4, -0.2) is 146 Å². The van der Waals surface area contributed by atoms with Gasteiger partial charge in [0.15, 0.2) is 0 Å². The second kappa shape index (κ2) is 20.8. The van der Waals surface area contributed by atoms with E-state index in [2.05, 4.69) is 110 Å². The van der Waals surface area contributed by atoms with Crippen molar-refractivity contribution in [3.05, 3.63) is 119 Å². The quantitative estimate of drug-likeness (QED) is 0.120. The molecule has 4 amide bonds. The lowest BCUT2D eigenvalue weighted by Gasteiger charge is -2.47. The number of amides is 4. The summed E-state index contributed by atoms with van der Waals surface area (Å²) in [5, 5.41) is 4.16. The summed E-state index contributed by atoms with van der Waals surface area (Å²) in [5.74, 6) is 1.08. The third-order valence-corrected chi connectivity index (χ3v) is 13.5. The second-order valence-electron chi connectivity index (χ2n) is 17.0. The molecule has 0 spiro atoms. The van der Waals surface area contributed by atoms with E-state index in [9.17, 15) is 14.4 Å². The first-order valence-corrected chi connectivity index (χ1v) is 23.0. The Hall–Kier alpha value is -4.88. The first kappa shape index (κ1) is 44.2. The van der Waals surface area contributed by atoms with Gasteiger partial charge >= 0.3 is 6.03 Å². The molecule has 3 saturated heterocycles. The number of carbonyl (C=O) groups excluding carboxylic acids is 3. The maximum Gasteiger partial charge on any atom is 0.324 e. The molecule has 324 valence electrons. The number of anilines is 1. The molecule has 4 aliphatic rings. The maximum absolute atomic E-state index is 13.7. The van der Waals surface area contributed by atoms with Crippen LogP contribution < -0.4 is 10.2 Å². The number of likely N-dealkylation sites (tertiary alicyclic amines) is 1. The van der Waals surface area contributed by atoms with E-state index in [0.717, 1.165) is 86.8 Å². The molecule has 0 radical (unpaired) electrons. The van der Waals surface area contributed by atoms with Gasteiger partial charge < -0.3 is 29.9 Å². The average Bonchev–Trinajstić information content (AvgIpc) is 3.69. The standard InChI is InChI=1S/C26H37N5O2.C23H27N3OS/c1-5-11-30-17-19(25(32)31(26(33)27-6-2)13-8-12-29(3)4)14-21-20-9-7-10-22-24(20)18(16-28-22)15-23(21)30;1-24-11-13-25(14-12-24)21-10-6-5-9-20(21)17-22-23(27)26(15-16-28-22)18-19-7-3-2-4-8-19/h5,7,9-10,16,19,21,23,28H,1,6,8,11-15,17H2,2-4H3,(H,27,33);2-10,17H,11-16,18H2,1H3/b;22-17+/t19-,21-,23-;/m1./s1. The number of nitrogens with one attached hydrogen (secondary N) is 2. The number of imide groups is 1. The van der Waals surface area contributed by atoms with Gasteiger partial charge in [-0.05, 0) is 94.3 Å². The van der Waals surface area contributed by atoms with Crippen LogP contribution in [0.15, 0.2) is 96.6 Å². The Morgan fingerprint density at radius 1 is 0.967 bits per heavy atom. The lowest BCUT2D eigenvalue weighted by atomic mass is 9.72. The van der Waals surface area contributed by atoms with E-state index >= 15 is 0 Å². The van der Waals surface area contributed by atoms with Crippen molar-refractivity contribution in [3.8, 4) is 0 Å². The molecule has 61 heavy (non-hydrogen) atoms. The van der Waals surface area contributed by atoms with Gasteiger partial charge in [-0.1, -0.05) is 66.7 Å². The molecule has 4 aromatic rings. The maximum atomic E-state index is 13.7. The van der Waals surface area contributed by atoms with Crippen LogP contribution in [0.1, 0.15) is 47.9 Å². The van der Waals surface area contributed by atoms with E-state index in [0.29, 0.717) is 32.2 Å². The molecule has 0 saturated carbocycles. The molecule has 1 aliphatic carbocycles. The Kier molecular flexibility index (Phi) is 15.1. The van der Waals surface area contributed by atoms with Crippen LogP contribution in [0, 0.1) is 5.92 Å². The summed E-state index contributed by atoms with van der Waals surface area (Å²) in [6.45, 7) is 14.7. The number of aromatic nitrogens is 1. The average molecular weight is 845 g/mol. The van der Waals surface area contributed by atoms with E-state index < -0.39 is 0 Å². The second-order valence-corrected chi connectivity index (χ2v) is 18.2. The highest BCUT2D eigenvalue weighted by Gasteiger charge is 2.44. The Bertz CT molecular complexity index is 2160. The number of fused-ring (bicyclic) bond motifs is 2. The fourth-order valence-electron chi connectivity index (χ4n) is 9.41. The van der Waals surface area contributed by atoms with Crippen LogP contribution in [0.5, 0.6) is 0 Å². The van der Waals surface area contributed by atoms with Gasteiger partial charge in [-0.25, -0.2) is 4.79 Å². The van der Waals surface area contributed by atoms with Gasteiger partial charge in [-0.2, -0.15) is 0 Å².